The molecule has 0 amide bonds. The van der Waals surface area contributed by atoms with Crippen molar-refractivity contribution in [1.82, 2.24) is 0 Å². The predicted molar refractivity (Wildman–Crippen MR) is 32.7 cm³/mol. The van der Waals surface area contributed by atoms with E-state index in [0.29, 0.717) is 0 Å². The molecule has 42 valence electrons. The molecule has 0 spiro atoms. The van der Waals surface area contributed by atoms with Crippen LogP contribution in [0.5, 0.6) is 0 Å². The van der Waals surface area contributed by atoms with Crippen molar-refractivity contribution in [2.75, 3.05) is 0 Å². The molecule has 0 aromatic carbocycles. The molecular formula is C6H11Cl. The minimum Gasteiger partial charge on any atom is -0.123 e. The predicted octanol–water partition coefficient (Wildman–Crippen LogP) is 2.56. The van der Waals surface area contributed by atoms with Crippen molar-refractivity contribution in [1.29, 1.82) is 0 Å². The Morgan fingerprint density at radius 2 is 2.00 bits per heavy atom. The second-order valence-electron chi connectivity index (χ2n) is 0.939. The second kappa shape index (κ2) is 2.56. The molecule has 0 nitrogen and oxygen atoms in total. The number of hydrogen-bond donors (Lipinski definition) is 0. The van der Waals surface area contributed by atoms with Crippen molar-refractivity contribution in [3.63, 3.8) is 0 Å². The Bertz CT molecular complexity index is 253. The summed E-state index contributed by atoms with van der Waals surface area (Å²) in [5.74, 6) is 0. The maximum Gasteiger partial charge on any atom is 0.0472 e. The van der Waals surface area contributed by atoms with E-state index in [1.807, 2.05) is 0 Å². The molecule has 0 atom stereocenters. The molecule has 0 aliphatic heterocycles. The number of alkyl halides is 1. The summed E-state index contributed by atoms with van der Waals surface area (Å²) < 4.78 is 81.8. The van der Waals surface area contributed by atoms with Gasteiger partial charge < -0.3 is 0 Å². The van der Waals surface area contributed by atoms with Gasteiger partial charge in [-0.05, 0) is 12.7 Å². The molecule has 0 radical (unpaired) electrons. The third kappa shape index (κ3) is 1.68. The Morgan fingerprint density at radius 3 is 2.57 bits per heavy atom. The Morgan fingerprint density at radius 1 is 1.43 bits per heavy atom. The second-order valence-corrected chi connectivity index (χ2v) is 1.32. The van der Waals surface area contributed by atoms with Crippen molar-refractivity contribution in [2.24, 2.45) is 0 Å². The highest BCUT2D eigenvalue weighted by atomic mass is 35.5. The van der Waals surface area contributed by atoms with E-state index in [-0.39, 0.29) is 0 Å². The van der Waals surface area contributed by atoms with Gasteiger partial charge in [0, 0.05) is 20.4 Å². The highest BCUT2D eigenvalue weighted by molar-refractivity contribution is 6.20. The zero-order chi connectivity index (χ0) is 15.0. The third-order valence-electron chi connectivity index (χ3n) is 0.469. The van der Waals surface area contributed by atoms with Crippen LogP contribution in [0.4, 0.5) is 0 Å². The largest absolute Gasteiger partial charge is 0.123 e. The van der Waals surface area contributed by atoms with Crippen LogP contribution in [0.3, 0.4) is 0 Å². The molecule has 1 aliphatic rings. The van der Waals surface area contributed by atoms with Gasteiger partial charge in [-0.1, -0.05) is 19.1 Å². The van der Waals surface area contributed by atoms with Crippen LogP contribution in [0, 0.1) is 0 Å². The summed E-state index contributed by atoms with van der Waals surface area (Å²) >= 11 is 5.42. The fourth-order valence-electron chi connectivity index (χ4n) is 0.235. The lowest BCUT2D eigenvalue weighted by Crippen LogP contribution is -2.03. The first kappa shape index (κ1) is 0.862. The Hall–Kier alpha value is 0.290. The van der Waals surface area contributed by atoms with Gasteiger partial charge in [0.1, 0.15) is 0 Å². The summed E-state index contributed by atoms with van der Waals surface area (Å²) in [5.41, 5.74) is 0. The fraction of sp³-hybridized carbons (Fsp3) is 1.00. The summed E-state index contributed by atoms with van der Waals surface area (Å²) in [6, 6.07) is 0. The first-order valence-electron chi connectivity index (χ1n) is 7.19. The molecule has 0 heterocycles. The zero-order valence-electron chi connectivity index (χ0n) is 14.4. The van der Waals surface area contributed by atoms with Crippen LogP contribution in [0.1, 0.15) is 46.9 Å². The van der Waals surface area contributed by atoms with Crippen LogP contribution in [0.15, 0.2) is 0 Å². The molecule has 0 aromatic rings. The number of rotatable bonds is 0. The van der Waals surface area contributed by atoms with Gasteiger partial charge in [0.2, 0.25) is 0 Å². The SMILES string of the molecule is [2H]C1([2H])C([2H])([2H])C([2H])([2H])C([2H])(Cl)C([2H])([2H])C1([2H])[2H]. The molecule has 1 saturated carbocycles. The monoisotopic (exact) mass is 129 g/mol. The lowest BCUT2D eigenvalue weighted by molar-refractivity contribution is 0.511. The highest BCUT2D eigenvalue weighted by Gasteiger charge is 2.08. The third-order valence-corrected chi connectivity index (χ3v) is 0.658. The molecule has 1 fully saturated rings. The van der Waals surface area contributed by atoms with Crippen molar-refractivity contribution in [3.05, 3.63) is 0 Å². The van der Waals surface area contributed by atoms with E-state index in [2.05, 4.69) is 0 Å². The lowest BCUT2D eigenvalue weighted by Gasteiger charge is -2.13. The molecule has 0 unspecified atom stereocenters. The van der Waals surface area contributed by atoms with Gasteiger partial charge in [-0.3, -0.25) is 0 Å². The van der Waals surface area contributed by atoms with Crippen LogP contribution in [-0.4, -0.2) is 5.35 Å². The highest BCUT2D eigenvalue weighted by Crippen LogP contribution is 2.21. The summed E-state index contributed by atoms with van der Waals surface area (Å²) in [7, 11) is 0. The average molecular weight is 130 g/mol. The minimum atomic E-state index is -3.49. The molecule has 0 N–H and O–H groups in total. The maximum atomic E-state index is 7.49. The van der Waals surface area contributed by atoms with E-state index in [1.165, 1.54) is 0 Å². The molecule has 0 bridgehead atoms. The normalized spacial score (nSPS) is 89.0. The van der Waals surface area contributed by atoms with Gasteiger partial charge in [-0.15, -0.1) is 11.6 Å². The van der Waals surface area contributed by atoms with Gasteiger partial charge in [0.15, 0.2) is 0 Å². The Kier molecular flexibility index (Phi) is 0.315. The van der Waals surface area contributed by atoms with Crippen LogP contribution < -0.4 is 0 Å². The van der Waals surface area contributed by atoms with Crippen LogP contribution in [-0.2, 0) is 0 Å². The summed E-state index contributed by atoms with van der Waals surface area (Å²) in [5, 5.41) is -3.31. The van der Waals surface area contributed by atoms with Gasteiger partial charge in [0.25, 0.3) is 0 Å². The van der Waals surface area contributed by atoms with Crippen LogP contribution >= 0.6 is 11.6 Å². The molecule has 7 heavy (non-hydrogen) atoms. The Labute approximate surface area is 65.3 Å². The Balaban J connectivity index is 3.72. The van der Waals surface area contributed by atoms with Gasteiger partial charge in [0.05, 0.1) is 0 Å². The smallest absolute Gasteiger partial charge is 0.0472 e. The summed E-state index contributed by atoms with van der Waals surface area (Å²) in [6.07, 6.45) is -17.3. The van der Waals surface area contributed by atoms with E-state index in [1.54, 1.807) is 0 Å². The number of hydrogen-bond acceptors (Lipinski definition) is 0. The van der Waals surface area contributed by atoms with E-state index in [4.69, 9.17) is 26.7 Å². The lowest BCUT2D eigenvalue weighted by atomic mass is 10.0. The molecule has 0 saturated heterocycles. The van der Waals surface area contributed by atoms with E-state index in [9.17, 15) is 0 Å². The summed E-state index contributed by atoms with van der Waals surface area (Å²) in [6.45, 7) is 0. The minimum absolute atomic E-state index is 3.31. The maximum absolute atomic E-state index is 7.49. The first-order chi connectivity index (χ1) is 7.50. The van der Waals surface area contributed by atoms with Gasteiger partial charge in [-0.25, -0.2) is 0 Å². The molecule has 1 heteroatoms. The number of halogens is 1. The topological polar surface area (TPSA) is 0 Å². The van der Waals surface area contributed by atoms with Crippen LogP contribution in [0.25, 0.3) is 0 Å². The van der Waals surface area contributed by atoms with Crippen molar-refractivity contribution >= 4 is 11.6 Å². The van der Waals surface area contributed by atoms with Crippen molar-refractivity contribution in [3.8, 4) is 0 Å². The standard InChI is InChI=1S/C6H11Cl/c7-6-4-2-1-3-5-6/h6H,1-5H2/i1D2,2D2,3D2,4D2,5D2,6D. The molecule has 1 aliphatic carbocycles. The quantitative estimate of drug-likeness (QED) is 0.441. The average Bonchev–Trinajstić information content (AvgIpc) is 2.14. The van der Waals surface area contributed by atoms with E-state index in [0.717, 1.165) is 0 Å². The van der Waals surface area contributed by atoms with Crippen molar-refractivity contribution < 1.29 is 15.1 Å². The van der Waals surface area contributed by atoms with Gasteiger partial charge in [-0.2, -0.15) is 0 Å². The molecule has 0 aromatic heterocycles. The zero-order valence-corrected chi connectivity index (χ0v) is 4.13. The first-order valence-corrected chi connectivity index (χ1v) is 2.07. The van der Waals surface area contributed by atoms with E-state index < -0.39 is 37.2 Å². The fourth-order valence-corrected chi connectivity index (χ4v) is 0.329. The van der Waals surface area contributed by atoms with Crippen LogP contribution in [0.2, 0.25) is 0 Å². The van der Waals surface area contributed by atoms with E-state index >= 15 is 0 Å². The molecule has 1 rings (SSSR count). The summed E-state index contributed by atoms with van der Waals surface area (Å²) in [4.78, 5) is 0. The molecular weight excluding hydrogens is 108 g/mol. The van der Waals surface area contributed by atoms with Crippen molar-refractivity contribution in [2.45, 2.75) is 37.2 Å². The van der Waals surface area contributed by atoms with Gasteiger partial charge >= 0.3 is 0 Å².